The summed E-state index contributed by atoms with van der Waals surface area (Å²) in [7, 11) is 4.29. The van der Waals surface area contributed by atoms with Gasteiger partial charge in [-0.3, -0.25) is 9.52 Å². The number of nitrogens with zero attached hydrogens (tertiary/aromatic N) is 5. The summed E-state index contributed by atoms with van der Waals surface area (Å²) in [5.74, 6) is 0.942. The second kappa shape index (κ2) is 15.8. The van der Waals surface area contributed by atoms with Crippen LogP contribution in [-0.4, -0.2) is 108 Å². The summed E-state index contributed by atoms with van der Waals surface area (Å²) >= 11 is 7.43. The van der Waals surface area contributed by atoms with Crippen LogP contribution in [0, 0.1) is 11.3 Å². The number of halogens is 4. The number of aliphatic hydroxyl groups is 1. The summed E-state index contributed by atoms with van der Waals surface area (Å²) in [6.07, 6.45) is -0.804. The molecule has 3 aromatic rings. The fourth-order valence-corrected chi connectivity index (χ4v) is 7.83. The van der Waals surface area contributed by atoms with E-state index in [1.807, 2.05) is 37.8 Å². The highest BCUT2D eigenvalue weighted by atomic mass is 35.5. The van der Waals surface area contributed by atoms with Gasteiger partial charge in [0.2, 0.25) is 5.88 Å². The predicted molar refractivity (Wildman–Crippen MR) is 213 cm³/mol. The molecule has 0 spiro atoms. The van der Waals surface area contributed by atoms with Crippen molar-refractivity contribution in [3.05, 3.63) is 53.3 Å². The smallest absolute Gasteiger partial charge is 0.410 e. The van der Waals surface area contributed by atoms with E-state index in [-0.39, 0.29) is 53.5 Å². The summed E-state index contributed by atoms with van der Waals surface area (Å²) < 4.78 is 56.8. The summed E-state index contributed by atoms with van der Waals surface area (Å²) in [6, 6.07) is 10.0. The Bertz CT molecular complexity index is 1870. The fourth-order valence-electron chi connectivity index (χ4n) is 7.00. The number of pyridine rings is 2. The van der Waals surface area contributed by atoms with Crippen molar-refractivity contribution >= 4 is 64.9 Å². The predicted octanol–water partition coefficient (Wildman–Crippen LogP) is 4.41. The lowest BCUT2D eigenvalue weighted by molar-refractivity contribution is -0.227. The van der Waals surface area contributed by atoms with Crippen molar-refractivity contribution in [3.63, 3.8) is 0 Å². The highest BCUT2D eigenvalue weighted by molar-refractivity contribution is 7.97. The molecule has 0 bridgehead atoms. The zero-order valence-electron chi connectivity index (χ0n) is 32.5. The molecule has 3 aromatic heterocycles. The van der Waals surface area contributed by atoms with Gasteiger partial charge in [-0.2, -0.15) is 13.2 Å². The third kappa shape index (κ3) is 9.70. The molecule has 0 radical (unpaired) electrons. The molecule has 55 heavy (non-hydrogen) atoms. The average Bonchev–Trinajstić information content (AvgIpc) is 3.70. The van der Waals surface area contributed by atoms with E-state index in [9.17, 15) is 27.9 Å². The van der Waals surface area contributed by atoms with Gasteiger partial charge in [0.1, 0.15) is 45.1 Å². The van der Waals surface area contributed by atoms with Crippen LogP contribution in [-0.2, 0) is 4.74 Å². The lowest BCUT2D eigenvalue weighted by atomic mass is 9.38. The van der Waals surface area contributed by atoms with Crippen molar-refractivity contribution in [2.75, 3.05) is 25.0 Å². The van der Waals surface area contributed by atoms with Gasteiger partial charge in [-0.25, -0.2) is 19.4 Å². The van der Waals surface area contributed by atoms with Gasteiger partial charge in [-0.1, -0.05) is 17.7 Å². The molecule has 4 heterocycles. The van der Waals surface area contributed by atoms with Crippen LogP contribution in [0.25, 0.3) is 5.82 Å². The van der Waals surface area contributed by atoms with E-state index in [0.29, 0.717) is 29.9 Å². The van der Waals surface area contributed by atoms with E-state index in [4.69, 9.17) is 21.1 Å². The first-order valence-corrected chi connectivity index (χ1v) is 19.5. The Kier molecular flexibility index (Phi) is 12.2. The summed E-state index contributed by atoms with van der Waals surface area (Å²) in [5.41, 5.74) is -4.91. The maximum atomic E-state index is 13.8. The minimum absolute atomic E-state index is 0.0733. The molecule has 20 heteroatoms. The minimum Gasteiger partial charge on any atom is -0.477 e. The molecule has 1 saturated carbocycles. The fraction of sp³-hybridized carbons (Fsp3) is 0.571. The SMILES string of the molecule is BC(B)(COc1ccn(-c2ccc(C(=O)NSc3cccc(NCCCC4CN(C(=O)OC(C)(C)C)C(C)(C)C4)n3)c(Cl)n2)n1)C(B)(O)C1(C(F)(F)F)CC1. The Labute approximate surface area is 331 Å². The quantitative estimate of drug-likeness (QED) is 0.0929. The van der Waals surface area contributed by atoms with Gasteiger partial charge in [-0.15, -0.1) is 5.10 Å². The number of hydrogen-bond donors (Lipinski definition) is 3. The van der Waals surface area contributed by atoms with Crippen LogP contribution in [0.3, 0.4) is 0 Å². The average molecular weight is 804 g/mol. The third-order valence-electron chi connectivity index (χ3n) is 10.6. The van der Waals surface area contributed by atoms with Crippen LogP contribution < -0.4 is 14.8 Å². The van der Waals surface area contributed by atoms with Crippen LogP contribution in [0.1, 0.15) is 77.1 Å². The number of ether oxygens (including phenoxy) is 2. The molecule has 1 aliphatic carbocycles. The van der Waals surface area contributed by atoms with Crippen LogP contribution in [0.15, 0.2) is 47.6 Å². The van der Waals surface area contributed by atoms with Crippen molar-refractivity contribution in [1.82, 2.24) is 29.4 Å². The topological polar surface area (TPSA) is 144 Å². The van der Waals surface area contributed by atoms with E-state index in [2.05, 4.69) is 39.0 Å². The van der Waals surface area contributed by atoms with Crippen LogP contribution in [0.5, 0.6) is 5.88 Å². The third-order valence-corrected chi connectivity index (χ3v) is 11.7. The number of carbonyl (C=O) groups is 2. The van der Waals surface area contributed by atoms with Crippen molar-refractivity contribution in [2.24, 2.45) is 11.3 Å². The van der Waals surface area contributed by atoms with E-state index < -0.39 is 33.8 Å². The summed E-state index contributed by atoms with van der Waals surface area (Å²) in [4.78, 5) is 36.5. The number of nitrogens with one attached hydrogen (secondary N) is 2. The maximum Gasteiger partial charge on any atom is 0.410 e. The number of carbonyl (C=O) groups excluding carboxylic acids is 2. The molecule has 12 nitrogen and oxygen atoms in total. The van der Waals surface area contributed by atoms with Gasteiger partial charge in [0, 0.05) is 48.3 Å². The lowest BCUT2D eigenvalue weighted by Crippen LogP contribution is -2.59. The van der Waals surface area contributed by atoms with E-state index >= 15 is 0 Å². The molecular weight excluding hydrogens is 755 g/mol. The molecule has 2 aliphatic rings. The van der Waals surface area contributed by atoms with E-state index in [1.54, 1.807) is 12.1 Å². The second-order valence-corrected chi connectivity index (χ2v) is 18.1. The number of anilines is 1. The molecule has 1 aliphatic heterocycles. The number of alkyl halides is 3. The number of hydrogen-bond acceptors (Lipinski definition) is 10. The molecule has 2 atom stereocenters. The summed E-state index contributed by atoms with van der Waals surface area (Å²) in [6.45, 7) is 10.9. The number of rotatable bonds is 14. The first kappa shape index (κ1) is 42.6. The molecule has 296 valence electrons. The van der Waals surface area contributed by atoms with Crippen LogP contribution in [0.4, 0.5) is 23.8 Å². The van der Waals surface area contributed by atoms with Gasteiger partial charge in [-0.05, 0) is 102 Å². The molecule has 5 rings (SSSR count). The van der Waals surface area contributed by atoms with Crippen molar-refractivity contribution < 1.29 is 37.3 Å². The molecular formula is C35H48B3ClF3N7O5S. The first-order chi connectivity index (χ1) is 25.4. The lowest BCUT2D eigenvalue weighted by Gasteiger charge is -2.47. The molecule has 2 amide bonds. The summed E-state index contributed by atoms with van der Waals surface area (Å²) in [5, 5.41) is 17.9. The maximum absolute atomic E-state index is 13.8. The molecule has 0 aromatic carbocycles. The zero-order valence-corrected chi connectivity index (χ0v) is 34.1. The van der Waals surface area contributed by atoms with Crippen molar-refractivity contribution in [2.45, 2.75) is 99.8 Å². The molecule has 2 unspecified atom stereocenters. The number of amides is 2. The standard InChI is InChI=1S/C35H48B3ClF3N7O5S/c1-30(2,3)54-29(51)48-19-21(18-31(48,4)5)8-7-16-43-23-9-6-10-26(44-23)55-47-28(50)22-11-12-24(45-27(22)39)49-17-13-25(46-49)53-20-33(36,37)34(38,52)32(14-15-32)35(40,41)42/h6,9-13,17,21,52H,7-8,14-16,18-20,36-38H2,1-5H3,(H,43,44)(H,47,50). The normalized spacial score (nSPS) is 19.0. The van der Waals surface area contributed by atoms with Gasteiger partial charge in [0.05, 0.1) is 17.6 Å². The first-order valence-electron chi connectivity index (χ1n) is 18.3. The highest BCUT2D eigenvalue weighted by Crippen LogP contribution is 2.67. The second-order valence-electron chi connectivity index (χ2n) is 16.9. The van der Waals surface area contributed by atoms with Gasteiger partial charge in [0.15, 0.2) is 5.82 Å². The highest BCUT2D eigenvalue weighted by Gasteiger charge is 2.74. The Morgan fingerprint density at radius 1 is 1.09 bits per heavy atom. The molecule has 3 N–H and O–H groups in total. The van der Waals surface area contributed by atoms with Gasteiger partial charge < -0.3 is 24.8 Å². The van der Waals surface area contributed by atoms with Crippen LogP contribution in [0.2, 0.25) is 10.4 Å². The zero-order chi connectivity index (χ0) is 40.6. The van der Waals surface area contributed by atoms with Gasteiger partial charge in [0.25, 0.3) is 5.91 Å². The van der Waals surface area contributed by atoms with Crippen molar-refractivity contribution in [1.29, 1.82) is 0 Å². The molecule has 2 fully saturated rings. The molecule has 1 saturated heterocycles. The van der Waals surface area contributed by atoms with Gasteiger partial charge >= 0.3 is 12.3 Å². The minimum atomic E-state index is -4.53. The Balaban J connectivity index is 1.08. The van der Waals surface area contributed by atoms with E-state index in [0.717, 1.165) is 31.2 Å². The number of likely N-dealkylation sites (tertiary alicyclic amines) is 1. The number of aromatic nitrogens is 4. The monoisotopic (exact) mass is 803 g/mol. The Morgan fingerprint density at radius 2 is 1.80 bits per heavy atom. The Morgan fingerprint density at radius 3 is 2.44 bits per heavy atom. The van der Waals surface area contributed by atoms with Crippen LogP contribution >= 0.6 is 23.5 Å². The largest absolute Gasteiger partial charge is 0.477 e. The van der Waals surface area contributed by atoms with E-state index in [1.165, 1.54) is 46.6 Å². The van der Waals surface area contributed by atoms with Crippen molar-refractivity contribution in [3.8, 4) is 11.7 Å². The Hall–Kier alpha value is -3.57.